The Balaban J connectivity index is 1.57. The summed E-state index contributed by atoms with van der Waals surface area (Å²) in [6, 6.07) is 19.2. The highest BCUT2D eigenvalue weighted by Gasteiger charge is 2.33. The van der Waals surface area contributed by atoms with Gasteiger partial charge in [-0.05, 0) is 60.5 Å². The van der Waals surface area contributed by atoms with Crippen molar-refractivity contribution in [1.29, 1.82) is 0 Å². The Bertz CT molecular complexity index is 1300. The summed E-state index contributed by atoms with van der Waals surface area (Å²) >= 11 is 12.4. The van der Waals surface area contributed by atoms with Crippen LogP contribution in [0.1, 0.15) is 28.4 Å². The van der Waals surface area contributed by atoms with Crippen LogP contribution in [0.25, 0.3) is 6.08 Å². The molecular weight excluding hydrogens is 475 g/mol. The summed E-state index contributed by atoms with van der Waals surface area (Å²) in [5, 5.41) is 5.99. The number of hydrogen-bond acceptors (Lipinski definition) is 5. The van der Waals surface area contributed by atoms with E-state index in [1.165, 1.54) is 7.11 Å². The first-order valence-corrected chi connectivity index (χ1v) is 11.1. The molecule has 0 fully saturated rings. The van der Waals surface area contributed by atoms with Crippen LogP contribution in [-0.2, 0) is 11.4 Å². The summed E-state index contributed by atoms with van der Waals surface area (Å²) in [5.74, 6) is -0.213. The minimum absolute atomic E-state index is 0.272. The number of hydrogen-bond donors (Lipinski definition) is 0. The summed E-state index contributed by atoms with van der Waals surface area (Å²) in [5.41, 5.74) is 2.61. The number of rotatable bonds is 6. The maximum atomic E-state index is 12.9. The van der Waals surface area contributed by atoms with E-state index in [9.17, 15) is 9.59 Å². The van der Waals surface area contributed by atoms with E-state index in [2.05, 4.69) is 5.10 Å². The van der Waals surface area contributed by atoms with E-state index in [1.54, 1.807) is 67.6 Å². The lowest BCUT2D eigenvalue weighted by molar-refractivity contribution is -0.123. The molecule has 3 aromatic carbocycles. The lowest BCUT2D eigenvalue weighted by Gasteiger charge is -2.14. The van der Waals surface area contributed by atoms with Crippen molar-refractivity contribution < 1.29 is 19.1 Å². The van der Waals surface area contributed by atoms with Crippen molar-refractivity contribution in [1.82, 2.24) is 5.01 Å². The molecule has 0 aliphatic carbocycles. The average molecular weight is 495 g/mol. The minimum atomic E-state index is -0.510. The number of hydrazone groups is 1. The molecule has 0 aromatic heterocycles. The highest BCUT2D eigenvalue weighted by molar-refractivity contribution is 6.33. The molecule has 0 saturated carbocycles. The predicted molar refractivity (Wildman–Crippen MR) is 132 cm³/mol. The van der Waals surface area contributed by atoms with Crippen molar-refractivity contribution in [3.63, 3.8) is 0 Å². The number of carbonyl (C=O) groups excluding carboxylic acids is 2. The molecule has 1 heterocycles. The molecule has 1 aliphatic heterocycles. The number of amides is 2. The number of methoxy groups -OCH3 is 1. The molecule has 3 aromatic rings. The van der Waals surface area contributed by atoms with Crippen molar-refractivity contribution in [3.8, 4) is 11.5 Å². The fourth-order valence-corrected chi connectivity index (χ4v) is 3.79. The number of carbonyl (C=O) groups is 2. The largest absolute Gasteiger partial charge is 0.493 e. The summed E-state index contributed by atoms with van der Waals surface area (Å²) in [4.78, 5) is 25.7. The van der Waals surface area contributed by atoms with Gasteiger partial charge in [-0.2, -0.15) is 10.1 Å². The van der Waals surface area contributed by atoms with E-state index in [1.807, 2.05) is 12.1 Å². The van der Waals surface area contributed by atoms with Crippen LogP contribution < -0.4 is 9.47 Å². The average Bonchev–Trinajstić information content (AvgIpc) is 3.12. The van der Waals surface area contributed by atoms with E-state index >= 15 is 0 Å². The van der Waals surface area contributed by atoms with Crippen LogP contribution in [-0.4, -0.2) is 29.6 Å². The van der Waals surface area contributed by atoms with Crippen molar-refractivity contribution in [2.24, 2.45) is 5.10 Å². The van der Waals surface area contributed by atoms with Gasteiger partial charge in [-0.3, -0.25) is 9.59 Å². The standard InChI is InChI=1S/C26H20Cl2N2O4/c1-16-21(26(32)30(29-16)25(31)19-6-4-3-5-7-19)12-18-13-22(28)24(23(14-18)33-2)34-15-17-8-10-20(27)11-9-17/h3-14H,15H2,1-2H3/b21-12+. The third-order valence-electron chi connectivity index (χ3n) is 5.13. The molecule has 1 aliphatic rings. The monoisotopic (exact) mass is 494 g/mol. The zero-order valence-electron chi connectivity index (χ0n) is 18.4. The van der Waals surface area contributed by atoms with Crippen LogP contribution >= 0.6 is 23.2 Å². The Kier molecular flexibility index (Phi) is 7.01. The number of imide groups is 1. The molecule has 0 unspecified atom stereocenters. The van der Waals surface area contributed by atoms with Crippen molar-refractivity contribution in [2.45, 2.75) is 13.5 Å². The van der Waals surface area contributed by atoms with Gasteiger partial charge in [-0.1, -0.05) is 53.5 Å². The quantitative estimate of drug-likeness (QED) is 0.310. The third kappa shape index (κ3) is 4.98. The summed E-state index contributed by atoms with van der Waals surface area (Å²) in [6.07, 6.45) is 1.62. The van der Waals surface area contributed by atoms with E-state index in [4.69, 9.17) is 32.7 Å². The number of ether oxygens (including phenoxy) is 2. The topological polar surface area (TPSA) is 68.2 Å². The lowest BCUT2D eigenvalue weighted by Crippen LogP contribution is -2.29. The maximum Gasteiger partial charge on any atom is 0.283 e. The Morgan fingerprint density at radius 3 is 2.44 bits per heavy atom. The summed E-state index contributed by atoms with van der Waals surface area (Å²) < 4.78 is 11.4. The summed E-state index contributed by atoms with van der Waals surface area (Å²) in [6.45, 7) is 1.94. The molecule has 0 bridgehead atoms. The van der Waals surface area contributed by atoms with Gasteiger partial charge in [0.2, 0.25) is 0 Å². The predicted octanol–water partition coefficient (Wildman–Crippen LogP) is 6.02. The minimum Gasteiger partial charge on any atom is -0.493 e. The van der Waals surface area contributed by atoms with Gasteiger partial charge in [0.1, 0.15) is 6.61 Å². The van der Waals surface area contributed by atoms with E-state index in [-0.39, 0.29) is 12.2 Å². The first kappa shape index (κ1) is 23.5. The van der Waals surface area contributed by atoms with Gasteiger partial charge < -0.3 is 9.47 Å². The summed E-state index contributed by atoms with van der Waals surface area (Å²) in [7, 11) is 1.51. The van der Waals surface area contributed by atoms with E-state index in [0.29, 0.717) is 38.4 Å². The van der Waals surface area contributed by atoms with Crippen LogP contribution in [0.3, 0.4) is 0 Å². The second-order valence-electron chi connectivity index (χ2n) is 7.48. The van der Waals surface area contributed by atoms with Gasteiger partial charge in [0.15, 0.2) is 11.5 Å². The molecular formula is C26H20Cl2N2O4. The van der Waals surface area contributed by atoms with Crippen molar-refractivity contribution >= 4 is 46.8 Å². The number of benzene rings is 3. The zero-order valence-corrected chi connectivity index (χ0v) is 19.9. The van der Waals surface area contributed by atoms with Crippen LogP contribution in [0, 0.1) is 0 Å². The van der Waals surface area contributed by atoms with Gasteiger partial charge in [-0.25, -0.2) is 0 Å². The fourth-order valence-electron chi connectivity index (χ4n) is 3.39. The molecule has 0 atom stereocenters. The fraction of sp³-hybridized carbons (Fsp3) is 0.115. The Morgan fingerprint density at radius 1 is 1.06 bits per heavy atom. The van der Waals surface area contributed by atoms with Gasteiger partial charge >= 0.3 is 0 Å². The highest BCUT2D eigenvalue weighted by atomic mass is 35.5. The van der Waals surface area contributed by atoms with Gasteiger partial charge in [0.25, 0.3) is 11.8 Å². The maximum absolute atomic E-state index is 12.9. The molecule has 2 amide bonds. The highest BCUT2D eigenvalue weighted by Crippen LogP contribution is 2.38. The molecule has 0 N–H and O–H groups in total. The van der Waals surface area contributed by atoms with Gasteiger partial charge in [-0.15, -0.1) is 0 Å². The van der Waals surface area contributed by atoms with Gasteiger partial charge in [0.05, 0.1) is 23.4 Å². The van der Waals surface area contributed by atoms with Crippen LogP contribution in [0.5, 0.6) is 11.5 Å². The molecule has 0 saturated heterocycles. The van der Waals surface area contributed by atoms with Crippen molar-refractivity contribution in [2.75, 3.05) is 7.11 Å². The van der Waals surface area contributed by atoms with E-state index < -0.39 is 11.8 Å². The SMILES string of the molecule is COc1cc(/C=C2/C(=O)N(C(=O)c3ccccc3)N=C2C)cc(Cl)c1OCc1ccc(Cl)cc1. The van der Waals surface area contributed by atoms with Gasteiger partial charge in [0, 0.05) is 10.6 Å². The normalized spacial score (nSPS) is 14.4. The lowest BCUT2D eigenvalue weighted by atomic mass is 10.1. The van der Waals surface area contributed by atoms with Crippen LogP contribution in [0.2, 0.25) is 10.0 Å². The molecule has 0 spiro atoms. The van der Waals surface area contributed by atoms with Crippen molar-refractivity contribution in [3.05, 3.63) is 99.0 Å². The smallest absolute Gasteiger partial charge is 0.283 e. The third-order valence-corrected chi connectivity index (χ3v) is 5.67. The Hall–Kier alpha value is -3.61. The van der Waals surface area contributed by atoms with E-state index in [0.717, 1.165) is 10.6 Å². The number of nitrogens with zero attached hydrogens (tertiary/aromatic N) is 2. The van der Waals surface area contributed by atoms with Crippen LogP contribution in [0.15, 0.2) is 77.4 Å². The van der Waals surface area contributed by atoms with Crippen LogP contribution in [0.4, 0.5) is 0 Å². The molecule has 8 heteroatoms. The number of halogens is 2. The molecule has 6 nitrogen and oxygen atoms in total. The molecule has 34 heavy (non-hydrogen) atoms. The first-order valence-electron chi connectivity index (χ1n) is 10.3. The first-order chi connectivity index (χ1) is 16.4. The Morgan fingerprint density at radius 2 is 1.76 bits per heavy atom. The second kappa shape index (κ2) is 10.1. The second-order valence-corrected chi connectivity index (χ2v) is 8.32. The molecule has 0 radical (unpaired) electrons. The molecule has 4 rings (SSSR count). The Labute approximate surface area is 207 Å². The zero-order chi connectivity index (χ0) is 24.2. The molecule has 172 valence electrons.